The summed E-state index contributed by atoms with van der Waals surface area (Å²) in [5, 5.41) is 32.9. The van der Waals surface area contributed by atoms with Crippen LogP contribution in [0.15, 0.2) is 60.7 Å². The lowest BCUT2D eigenvalue weighted by Crippen LogP contribution is -2.67. The number of ether oxygens (including phenoxy) is 2. The van der Waals surface area contributed by atoms with Gasteiger partial charge >= 0.3 is 0 Å². The van der Waals surface area contributed by atoms with Crippen LogP contribution in [0.25, 0.3) is 0 Å². The number of Topliss-reactive ketones (excluding diaryl/α,β-unsaturated/α-hetero) is 1. The first-order chi connectivity index (χ1) is 14.8. The van der Waals surface area contributed by atoms with E-state index < -0.39 is 46.3 Å². The van der Waals surface area contributed by atoms with Crippen LogP contribution in [0, 0.1) is 10.1 Å². The predicted molar refractivity (Wildman–Crippen MR) is 107 cm³/mol. The largest absolute Gasteiger partial charge is 0.388 e. The highest BCUT2D eigenvalue weighted by molar-refractivity contribution is 5.84. The van der Waals surface area contributed by atoms with Crippen molar-refractivity contribution in [3.63, 3.8) is 0 Å². The summed E-state index contributed by atoms with van der Waals surface area (Å²) in [4.78, 5) is 29.3. The van der Waals surface area contributed by atoms with Gasteiger partial charge in [0.05, 0.1) is 18.6 Å². The van der Waals surface area contributed by atoms with Crippen molar-refractivity contribution in [2.75, 3.05) is 13.2 Å². The third-order valence-corrected chi connectivity index (χ3v) is 6.19. The fourth-order valence-electron chi connectivity index (χ4n) is 4.99. The quantitative estimate of drug-likeness (QED) is 0.493. The molecule has 2 N–H and O–H groups in total. The van der Waals surface area contributed by atoms with Crippen molar-refractivity contribution in [1.82, 2.24) is 0 Å². The third-order valence-electron chi connectivity index (χ3n) is 6.19. The molecule has 0 bridgehead atoms. The summed E-state index contributed by atoms with van der Waals surface area (Å²) in [5.41, 5.74) is -2.90. The van der Waals surface area contributed by atoms with E-state index in [9.17, 15) is 25.1 Å². The molecule has 164 valence electrons. The molecule has 1 unspecified atom stereocenters. The summed E-state index contributed by atoms with van der Waals surface area (Å²) >= 11 is 0. The Morgan fingerprint density at radius 3 is 2.19 bits per heavy atom. The Morgan fingerprint density at radius 2 is 1.71 bits per heavy atom. The number of hydrogen-bond acceptors (Lipinski definition) is 8. The zero-order valence-corrected chi connectivity index (χ0v) is 16.8. The van der Waals surface area contributed by atoms with E-state index >= 15 is 0 Å². The molecule has 0 aromatic heterocycles. The second-order valence-corrected chi connectivity index (χ2v) is 7.88. The van der Waals surface area contributed by atoms with Gasteiger partial charge in [-0.05, 0) is 18.1 Å². The number of aliphatic hydroxyl groups excluding tert-OH is 1. The van der Waals surface area contributed by atoms with Gasteiger partial charge in [0.1, 0.15) is 23.9 Å². The molecular weight excluding hydrogens is 406 g/mol. The molecule has 2 aromatic rings. The van der Waals surface area contributed by atoms with Gasteiger partial charge in [0.15, 0.2) is 11.9 Å². The van der Waals surface area contributed by atoms with Crippen LogP contribution in [0.5, 0.6) is 0 Å². The average Bonchev–Trinajstić information content (AvgIpc) is 3.30. The first kappa shape index (κ1) is 21.4. The minimum absolute atomic E-state index is 0.0713. The smallest absolute Gasteiger partial charge is 0.295 e. The van der Waals surface area contributed by atoms with Gasteiger partial charge in [0.2, 0.25) is 0 Å². The van der Waals surface area contributed by atoms with Crippen molar-refractivity contribution in [1.29, 1.82) is 0 Å². The van der Waals surface area contributed by atoms with Gasteiger partial charge < -0.3 is 24.5 Å². The summed E-state index contributed by atoms with van der Waals surface area (Å²) in [6.45, 7) is 0.780. The Labute approximate surface area is 178 Å². The van der Waals surface area contributed by atoms with Crippen LogP contribution in [-0.2, 0) is 24.5 Å². The van der Waals surface area contributed by atoms with E-state index in [2.05, 4.69) is 0 Å². The number of fused-ring (bicyclic) bond motifs is 1. The Balaban J connectivity index is 2.06. The first-order valence-electron chi connectivity index (χ1n) is 9.88. The zero-order valence-electron chi connectivity index (χ0n) is 16.8. The lowest BCUT2D eigenvalue weighted by molar-refractivity contribution is -0.767. The Morgan fingerprint density at radius 1 is 1.16 bits per heavy atom. The molecule has 2 aromatic carbocycles. The van der Waals surface area contributed by atoms with Crippen LogP contribution >= 0.6 is 0 Å². The molecule has 2 heterocycles. The molecule has 0 saturated carbocycles. The minimum Gasteiger partial charge on any atom is -0.388 e. The van der Waals surface area contributed by atoms with Crippen molar-refractivity contribution >= 4 is 5.78 Å². The Hall–Kier alpha value is -2.85. The summed E-state index contributed by atoms with van der Waals surface area (Å²) in [7, 11) is 0. The molecule has 0 aliphatic carbocycles. The zero-order chi connectivity index (χ0) is 22.2. The van der Waals surface area contributed by atoms with Crippen molar-refractivity contribution in [2.45, 2.75) is 42.4 Å². The summed E-state index contributed by atoms with van der Waals surface area (Å²) < 4.78 is 11.5. The van der Waals surface area contributed by atoms with Gasteiger partial charge in [0, 0.05) is 0 Å². The SMILES string of the molecule is CC(=O)C(O[N+](=O)[O-])C(c1ccccc1)(c1ccccc1)[C@]1(O)CO[C@@H]2[C@@H](O)CO[C@@H]21. The van der Waals surface area contributed by atoms with Gasteiger partial charge in [0.25, 0.3) is 5.09 Å². The standard InChI is InChI=1S/C22H23NO8/c1-14(24)19(31-23(27)28)22(15-8-4-2-5-9-15,16-10-6-3-7-11-16)21(26)13-30-18-17(25)12-29-20(18)21/h2-11,17-20,25-26H,12-13H2,1H3/t17-,18+,19?,20-,21-/m0/s1. The van der Waals surface area contributed by atoms with Gasteiger partial charge in [-0.1, -0.05) is 60.7 Å². The number of carbonyl (C=O) groups is 1. The lowest BCUT2D eigenvalue weighted by atomic mass is 9.57. The normalized spacial score (nSPS) is 28.7. The van der Waals surface area contributed by atoms with E-state index in [4.69, 9.17) is 14.3 Å². The molecule has 9 nitrogen and oxygen atoms in total. The van der Waals surface area contributed by atoms with Gasteiger partial charge in [-0.3, -0.25) is 4.79 Å². The van der Waals surface area contributed by atoms with Crippen LogP contribution in [-0.4, -0.2) is 64.3 Å². The molecule has 2 fully saturated rings. The molecule has 31 heavy (non-hydrogen) atoms. The fraction of sp³-hybridized carbons (Fsp3) is 0.409. The molecule has 9 heteroatoms. The van der Waals surface area contributed by atoms with Crippen LogP contribution < -0.4 is 0 Å². The number of rotatable bonds is 7. The minimum atomic E-state index is -1.97. The number of ketones is 1. The lowest BCUT2D eigenvalue weighted by Gasteiger charge is -2.50. The highest BCUT2D eigenvalue weighted by Crippen LogP contribution is 2.53. The maximum atomic E-state index is 12.9. The fourth-order valence-corrected chi connectivity index (χ4v) is 4.99. The number of hydrogen-bond donors (Lipinski definition) is 2. The number of carbonyl (C=O) groups excluding carboxylic acids is 1. The molecule has 2 saturated heterocycles. The highest BCUT2D eigenvalue weighted by atomic mass is 17.0. The molecule has 2 aliphatic heterocycles. The van der Waals surface area contributed by atoms with Gasteiger partial charge in [-0.2, -0.15) is 0 Å². The van der Waals surface area contributed by atoms with Crippen molar-refractivity contribution in [3.8, 4) is 0 Å². The second-order valence-electron chi connectivity index (χ2n) is 7.88. The number of aliphatic hydroxyl groups is 2. The van der Waals surface area contributed by atoms with Gasteiger partial charge in [-0.15, -0.1) is 10.1 Å². The number of nitrogens with zero attached hydrogens (tertiary/aromatic N) is 1. The number of benzene rings is 2. The Kier molecular flexibility index (Phi) is 5.52. The van der Waals surface area contributed by atoms with Crippen molar-refractivity contribution in [2.24, 2.45) is 0 Å². The maximum absolute atomic E-state index is 12.9. The highest BCUT2D eigenvalue weighted by Gasteiger charge is 2.70. The maximum Gasteiger partial charge on any atom is 0.295 e. The van der Waals surface area contributed by atoms with Crippen LogP contribution in [0.3, 0.4) is 0 Å². The second kappa shape index (κ2) is 8.01. The van der Waals surface area contributed by atoms with E-state index in [1.807, 2.05) is 0 Å². The first-order valence-corrected chi connectivity index (χ1v) is 9.88. The molecule has 0 spiro atoms. The molecular formula is C22H23NO8. The van der Waals surface area contributed by atoms with Crippen LogP contribution in [0.4, 0.5) is 0 Å². The summed E-state index contributed by atoms with van der Waals surface area (Å²) in [6.07, 6.45) is -4.57. The van der Waals surface area contributed by atoms with E-state index in [1.165, 1.54) is 6.92 Å². The molecule has 4 rings (SSSR count). The van der Waals surface area contributed by atoms with Crippen LogP contribution in [0.2, 0.25) is 0 Å². The van der Waals surface area contributed by atoms with E-state index in [1.54, 1.807) is 60.7 Å². The van der Waals surface area contributed by atoms with Crippen molar-refractivity contribution < 1.29 is 34.4 Å². The summed E-state index contributed by atoms with van der Waals surface area (Å²) in [6, 6.07) is 17.0. The topological polar surface area (TPSA) is 128 Å². The molecule has 0 radical (unpaired) electrons. The van der Waals surface area contributed by atoms with Crippen LogP contribution in [0.1, 0.15) is 18.1 Å². The van der Waals surface area contributed by atoms with Crippen molar-refractivity contribution in [3.05, 3.63) is 81.9 Å². The average molecular weight is 429 g/mol. The predicted octanol–water partition coefficient (Wildman–Crippen LogP) is 1.03. The van der Waals surface area contributed by atoms with E-state index in [-0.39, 0.29) is 13.2 Å². The van der Waals surface area contributed by atoms with Gasteiger partial charge in [-0.25, -0.2) is 0 Å². The molecule has 2 aliphatic rings. The van der Waals surface area contributed by atoms with E-state index in [0.29, 0.717) is 11.1 Å². The Bertz CT molecular complexity index is 913. The van der Waals surface area contributed by atoms with E-state index in [0.717, 1.165) is 0 Å². The summed E-state index contributed by atoms with van der Waals surface area (Å²) in [5.74, 6) is -0.653. The molecule has 0 amide bonds. The molecule has 5 atom stereocenters. The monoisotopic (exact) mass is 429 g/mol. The third kappa shape index (κ3) is 3.21.